The predicted molar refractivity (Wildman–Crippen MR) is 129 cm³/mol. The molecule has 190 valence electrons. The van der Waals surface area contributed by atoms with Crippen LogP contribution in [0.4, 0.5) is 0 Å². The van der Waals surface area contributed by atoms with Gasteiger partial charge in [-0.25, -0.2) is 9.59 Å². The number of Topliss-reactive ketones (excluding diaryl/α,β-unsaturated/α-hetero) is 1. The fourth-order valence-corrected chi connectivity index (χ4v) is 10.5. The number of carbonyl (C=O) groups excluding carboxylic acids is 4. The van der Waals surface area contributed by atoms with Gasteiger partial charge in [0.2, 0.25) is 0 Å². The van der Waals surface area contributed by atoms with Crippen LogP contribution in [-0.2, 0) is 28.7 Å². The Morgan fingerprint density at radius 2 is 1.50 bits per heavy atom. The maximum atomic E-state index is 14.4. The quantitative estimate of drug-likeness (QED) is 0.375. The SMILES string of the molecule is C=C1C(=O)O[C@H]2C[C@H](C)C3=CC(=O)[C@@]4(C[C@]5(C)C(=O)C[C@@]46[C@H]5C[C@@H]4C(=C)C(=O)O[C@H]4C[C@@H]6C)[C@@H]3C[C@H]12. The van der Waals surface area contributed by atoms with Crippen molar-refractivity contribution in [2.45, 2.75) is 71.5 Å². The van der Waals surface area contributed by atoms with Crippen molar-refractivity contribution in [3.8, 4) is 0 Å². The molecule has 11 atom stereocenters. The second kappa shape index (κ2) is 6.68. The van der Waals surface area contributed by atoms with E-state index in [1.807, 2.05) is 6.08 Å². The molecule has 0 aromatic carbocycles. The van der Waals surface area contributed by atoms with Gasteiger partial charge in [0.05, 0.1) is 0 Å². The van der Waals surface area contributed by atoms with Gasteiger partial charge in [0, 0.05) is 40.2 Å². The summed E-state index contributed by atoms with van der Waals surface area (Å²) in [5.74, 6) is -0.320. The van der Waals surface area contributed by atoms with Gasteiger partial charge in [-0.05, 0) is 67.3 Å². The van der Waals surface area contributed by atoms with Crippen LogP contribution in [-0.4, -0.2) is 35.7 Å². The van der Waals surface area contributed by atoms with E-state index < -0.39 is 16.2 Å². The number of ether oxygens (including phenoxy) is 2. The van der Waals surface area contributed by atoms with E-state index in [4.69, 9.17) is 9.47 Å². The van der Waals surface area contributed by atoms with Crippen LogP contribution >= 0.6 is 0 Å². The van der Waals surface area contributed by atoms with E-state index in [0.717, 1.165) is 0 Å². The van der Waals surface area contributed by atoms with Gasteiger partial charge in [0.25, 0.3) is 0 Å². The van der Waals surface area contributed by atoms with E-state index in [-0.39, 0.29) is 71.2 Å². The molecule has 2 bridgehead atoms. The van der Waals surface area contributed by atoms with Crippen molar-refractivity contribution in [2.75, 3.05) is 0 Å². The minimum absolute atomic E-state index is 0.00975. The number of carbonyl (C=O) groups is 4. The number of esters is 2. The molecule has 5 aliphatic carbocycles. The fourth-order valence-electron chi connectivity index (χ4n) is 10.5. The minimum Gasteiger partial charge on any atom is -0.458 e. The van der Waals surface area contributed by atoms with Crippen LogP contribution in [0, 0.1) is 51.8 Å². The molecule has 2 aliphatic heterocycles. The average molecular weight is 491 g/mol. The Bertz CT molecular complexity index is 1230. The Labute approximate surface area is 211 Å². The number of hydrogen-bond donors (Lipinski definition) is 0. The van der Waals surface area contributed by atoms with Crippen molar-refractivity contribution in [1.82, 2.24) is 0 Å². The molecule has 4 saturated carbocycles. The highest BCUT2D eigenvalue weighted by molar-refractivity contribution is 6.04. The van der Waals surface area contributed by atoms with Crippen molar-refractivity contribution in [3.05, 3.63) is 36.0 Å². The number of hydrogen-bond acceptors (Lipinski definition) is 6. The largest absolute Gasteiger partial charge is 0.458 e. The summed E-state index contributed by atoms with van der Waals surface area (Å²) >= 11 is 0. The lowest BCUT2D eigenvalue weighted by Crippen LogP contribution is -2.53. The van der Waals surface area contributed by atoms with Crippen LogP contribution in [0.15, 0.2) is 36.0 Å². The Morgan fingerprint density at radius 1 is 0.889 bits per heavy atom. The predicted octanol–water partition coefficient (Wildman–Crippen LogP) is 4.14. The van der Waals surface area contributed by atoms with Gasteiger partial charge in [-0.15, -0.1) is 0 Å². The highest BCUT2D eigenvalue weighted by Crippen LogP contribution is 2.81. The van der Waals surface area contributed by atoms with Gasteiger partial charge in [0.15, 0.2) is 5.78 Å². The standard InChI is InChI=1S/C30H34O6/c1-13-6-21-18(15(3)26(33)35-21)8-20-17(13)10-24(31)30(20)12-28(5)23-9-19-16(4)27(34)36-22(19)7-14(2)29(23,30)11-25(28)32/h10,13-14,18-23H,3-4,6-9,11-12H2,1-2,5H3/t13-,14-,18+,19+,20+,21-,22-,23-,28-,29+,30+/m0/s1. The lowest BCUT2D eigenvalue weighted by molar-refractivity contribution is -0.149. The first-order chi connectivity index (χ1) is 17.0. The first-order valence-corrected chi connectivity index (χ1v) is 13.5. The Kier molecular flexibility index (Phi) is 4.21. The molecule has 0 aromatic heterocycles. The summed E-state index contributed by atoms with van der Waals surface area (Å²) in [5, 5.41) is 0. The summed E-state index contributed by atoms with van der Waals surface area (Å²) in [7, 11) is 0. The third kappa shape index (κ3) is 2.27. The number of ketones is 2. The number of fused-ring (bicyclic) bond motifs is 4. The molecule has 0 N–H and O–H groups in total. The molecule has 6 heteroatoms. The highest BCUT2D eigenvalue weighted by atomic mass is 16.6. The maximum Gasteiger partial charge on any atom is 0.334 e. The monoisotopic (exact) mass is 490 g/mol. The molecule has 0 radical (unpaired) electrons. The van der Waals surface area contributed by atoms with Gasteiger partial charge in [-0.1, -0.05) is 39.5 Å². The lowest BCUT2D eigenvalue weighted by atomic mass is 9.49. The molecule has 2 heterocycles. The van der Waals surface area contributed by atoms with Gasteiger partial charge in [-0.3, -0.25) is 9.59 Å². The number of rotatable bonds is 0. The number of allylic oxidation sites excluding steroid dienone is 2. The average Bonchev–Trinajstić information content (AvgIpc) is 3.42. The van der Waals surface area contributed by atoms with E-state index in [9.17, 15) is 19.2 Å². The van der Waals surface area contributed by atoms with Gasteiger partial charge in [0.1, 0.15) is 18.0 Å². The van der Waals surface area contributed by atoms with Crippen LogP contribution in [0.2, 0.25) is 0 Å². The summed E-state index contributed by atoms with van der Waals surface area (Å²) in [5.41, 5.74) is 0.397. The first-order valence-electron chi connectivity index (χ1n) is 13.5. The Morgan fingerprint density at radius 3 is 2.17 bits per heavy atom. The van der Waals surface area contributed by atoms with E-state index >= 15 is 0 Å². The van der Waals surface area contributed by atoms with Crippen LogP contribution < -0.4 is 0 Å². The zero-order valence-corrected chi connectivity index (χ0v) is 21.3. The third-order valence-corrected chi connectivity index (χ3v) is 12.1. The molecule has 0 aromatic rings. The fraction of sp³-hybridized carbons (Fsp3) is 0.667. The van der Waals surface area contributed by atoms with Crippen molar-refractivity contribution < 1.29 is 28.7 Å². The summed E-state index contributed by atoms with van der Waals surface area (Å²) in [6.45, 7) is 14.5. The molecular formula is C30H34O6. The van der Waals surface area contributed by atoms with Crippen LogP contribution in [0.3, 0.4) is 0 Å². The van der Waals surface area contributed by atoms with Crippen LogP contribution in [0.25, 0.3) is 0 Å². The van der Waals surface area contributed by atoms with Crippen LogP contribution in [0.5, 0.6) is 0 Å². The summed E-state index contributed by atoms with van der Waals surface area (Å²) in [6.07, 6.45) is 5.07. The van der Waals surface area contributed by atoms with Gasteiger partial charge >= 0.3 is 11.9 Å². The topological polar surface area (TPSA) is 86.7 Å². The second-order valence-corrected chi connectivity index (χ2v) is 13.2. The van der Waals surface area contributed by atoms with E-state index in [1.54, 1.807) is 0 Å². The molecule has 36 heavy (non-hydrogen) atoms. The molecular weight excluding hydrogens is 456 g/mol. The van der Waals surface area contributed by atoms with Crippen molar-refractivity contribution >= 4 is 23.5 Å². The highest BCUT2D eigenvalue weighted by Gasteiger charge is 2.82. The molecule has 1 spiro atoms. The Hall–Kier alpha value is -2.50. The maximum absolute atomic E-state index is 14.4. The summed E-state index contributed by atoms with van der Waals surface area (Å²) in [6, 6.07) is 0. The van der Waals surface area contributed by atoms with Crippen molar-refractivity contribution in [2.24, 2.45) is 51.8 Å². The normalized spacial score (nSPS) is 52.9. The van der Waals surface area contributed by atoms with Crippen molar-refractivity contribution in [1.29, 1.82) is 0 Å². The molecule has 7 aliphatic rings. The first kappa shape index (κ1) is 22.7. The molecule has 0 unspecified atom stereocenters. The zero-order valence-electron chi connectivity index (χ0n) is 21.3. The minimum atomic E-state index is -0.686. The van der Waals surface area contributed by atoms with E-state index in [0.29, 0.717) is 49.7 Å². The second-order valence-electron chi connectivity index (χ2n) is 13.2. The summed E-state index contributed by atoms with van der Waals surface area (Å²) < 4.78 is 11.5. The molecule has 6 fully saturated rings. The lowest BCUT2D eigenvalue weighted by Gasteiger charge is -2.52. The van der Waals surface area contributed by atoms with Gasteiger partial charge < -0.3 is 9.47 Å². The summed E-state index contributed by atoms with van der Waals surface area (Å²) in [4.78, 5) is 52.9. The Balaban J connectivity index is 1.40. The zero-order chi connectivity index (χ0) is 25.5. The molecule has 7 rings (SSSR count). The molecule has 0 amide bonds. The van der Waals surface area contributed by atoms with Gasteiger partial charge in [-0.2, -0.15) is 0 Å². The van der Waals surface area contributed by atoms with E-state index in [2.05, 4.69) is 33.9 Å². The third-order valence-electron chi connectivity index (χ3n) is 12.1. The molecule has 2 saturated heterocycles. The smallest absolute Gasteiger partial charge is 0.334 e. The van der Waals surface area contributed by atoms with Crippen LogP contribution in [0.1, 0.15) is 59.3 Å². The molecule has 6 nitrogen and oxygen atoms in total. The van der Waals surface area contributed by atoms with Crippen molar-refractivity contribution in [3.63, 3.8) is 0 Å². The van der Waals surface area contributed by atoms with E-state index in [1.165, 1.54) is 5.57 Å².